The van der Waals surface area contributed by atoms with E-state index in [1.165, 1.54) is 6.26 Å². The van der Waals surface area contributed by atoms with Gasteiger partial charge in [-0.1, -0.05) is 18.0 Å². The third-order valence-electron chi connectivity index (χ3n) is 5.74. The van der Waals surface area contributed by atoms with Crippen LogP contribution in [0, 0.1) is 5.92 Å². The van der Waals surface area contributed by atoms with Crippen LogP contribution < -0.4 is 14.8 Å². The fourth-order valence-electron chi connectivity index (χ4n) is 4.08. The Morgan fingerprint density at radius 1 is 1.13 bits per heavy atom. The molecule has 2 aromatic carbocycles. The number of rotatable bonds is 10. The minimum Gasteiger partial charge on any atom is -0.497 e. The standard InChI is InChI=1S/C23H28ClN3O3S/c1-30-17-9-11-21-19(14-17)23(18-10-8-16(24)13-22(18)26-21)25-12-4-3-5-20(15-6-7-15)27-31(2,28)29/h8-11,13-15,20,27H,3-7,12H2,1-2H3,(H,25,26). The van der Waals surface area contributed by atoms with Crippen molar-refractivity contribution >= 4 is 49.1 Å². The summed E-state index contributed by atoms with van der Waals surface area (Å²) in [6.45, 7) is 0.782. The molecule has 6 nitrogen and oxygen atoms in total. The number of aromatic nitrogens is 1. The van der Waals surface area contributed by atoms with Crippen molar-refractivity contribution in [3.63, 3.8) is 0 Å². The highest BCUT2D eigenvalue weighted by atomic mass is 35.5. The second-order valence-corrected chi connectivity index (χ2v) is 10.5. The van der Waals surface area contributed by atoms with Crippen LogP contribution in [0.3, 0.4) is 0 Å². The molecular formula is C23H28ClN3O3S. The summed E-state index contributed by atoms with van der Waals surface area (Å²) in [6.07, 6.45) is 6.23. The Hall–Kier alpha value is -2.09. The predicted molar refractivity (Wildman–Crippen MR) is 128 cm³/mol. The van der Waals surface area contributed by atoms with Crippen molar-refractivity contribution in [1.82, 2.24) is 9.71 Å². The van der Waals surface area contributed by atoms with E-state index < -0.39 is 10.0 Å². The van der Waals surface area contributed by atoms with E-state index in [1.54, 1.807) is 7.11 Å². The van der Waals surface area contributed by atoms with E-state index in [9.17, 15) is 8.42 Å². The number of benzene rings is 2. The number of ether oxygens (including phenoxy) is 1. The number of hydrogen-bond donors (Lipinski definition) is 2. The van der Waals surface area contributed by atoms with Gasteiger partial charge in [-0.15, -0.1) is 0 Å². The van der Waals surface area contributed by atoms with Crippen LogP contribution in [0.2, 0.25) is 5.02 Å². The van der Waals surface area contributed by atoms with Crippen LogP contribution in [0.4, 0.5) is 5.69 Å². The van der Waals surface area contributed by atoms with Crippen LogP contribution in [-0.2, 0) is 10.0 Å². The van der Waals surface area contributed by atoms with Crippen LogP contribution in [0.25, 0.3) is 21.8 Å². The molecule has 1 atom stereocenters. The van der Waals surface area contributed by atoms with Gasteiger partial charge in [-0.25, -0.2) is 18.1 Å². The molecule has 1 aromatic heterocycles. The number of nitrogens with zero attached hydrogens (tertiary/aromatic N) is 1. The molecule has 1 fully saturated rings. The smallest absolute Gasteiger partial charge is 0.208 e. The lowest BCUT2D eigenvalue weighted by molar-refractivity contribution is 0.415. The largest absolute Gasteiger partial charge is 0.497 e. The van der Waals surface area contributed by atoms with Crippen molar-refractivity contribution in [3.8, 4) is 5.75 Å². The number of sulfonamides is 1. The zero-order chi connectivity index (χ0) is 22.0. The lowest BCUT2D eigenvalue weighted by Crippen LogP contribution is -2.35. The normalized spacial score (nSPS) is 15.3. The van der Waals surface area contributed by atoms with Crippen molar-refractivity contribution < 1.29 is 13.2 Å². The Kier molecular flexibility index (Phi) is 6.55. The Bertz CT molecular complexity index is 1200. The Balaban J connectivity index is 1.49. The van der Waals surface area contributed by atoms with Crippen molar-refractivity contribution in [2.24, 2.45) is 5.92 Å². The molecule has 1 heterocycles. The lowest BCUT2D eigenvalue weighted by atomic mass is 10.1. The van der Waals surface area contributed by atoms with E-state index in [0.717, 1.165) is 71.9 Å². The summed E-state index contributed by atoms with van der Waals surface area (Å²) in [5.41, 5.74) is 2.74. The van der Waals surface area contributed by atoms with Crippen molar-refractivity contribution in [2.75, 3.05) is 25.2 Å². The number of unbranched alkanes of at least 4 members (excludes halogenated alkanes) is 1. The zero-order valence-electron chi connectivity index (χ0n) is 17.8. The maximum absolute atomic E-state index is 11.6. The maximum atomic E-state index is 11.6. The summed E-state index contributed by atoms with van der Waals surface area (Å²) in [6, 6.07) is 11.7. The van der Waals surface area contributed by atoms with Gasteiger partial charge in [-0.05, 0) is 68.0 Å². The van der Waals surface area contributed by atoms with E-state index in [2.05, 4.69) is 10.0 Å². The van der Waals surface area contributed by atoms with Crippen molar-refractivity contribution in [3.05, 3.63) is 41.4 Å². The van der Waals surface area contributed by atoms with Crippen molar-refractivity contribution in [2.45, 2.75) is 38.1 Å². The van der Waals surface area contributed by atoms with Crippen LogP contribution in [-0.4, -0.2) is 39.4 Å². The third kappa shape index (κ3) is 5.59. The molecule has 31 heavy (non-hydrogen) atoms. The molecule has 8 heteroatoms. The molecule has 166 valence electrons. The Labute approximate surface area is 188 Å². The highest BCUT2D eigenvalue weighted by Crippen LogP contribution is 2.36. The minimum absolute atomic E-state index is 0.0592. The van der Waals surface area contributed by atoms with E-state index in [4.69, 9.17) is 21.3 Å². The van der Waals surface area contributed by atoms with Gasteiger partial charge in [0.05, 0.1) is 30.1 Å². The summed E-state index contributed by atoms with van der Waals surface area (Å²) in [7, 11) is -1.51. The molecular weight excluding hydrogens is 434 g/mol. The second-order valence-electron chi connectivity index (χ2n) is 8.29. The average Bonchev–Trinajstić information content (AvgIpc) is 3.56. The highest BCUT2D eigenvalue weighted by Gasteiger charge is 2.32. The van der Waals surface area contributed by atoms with E-state index in [-0.39, 0.29) is 6.04 Å². The Morgan fingerprint density at radius 3 is 2.65 bits per heavy atom. The summed E-state index contributed by atoms with van der Waals surface area (Å²) >= 11 is 6.19. The second kappa shape index (κ2) is 9.18. The number of nitrogens with one attached hydrogen (secondary N) is 2. The predicted octanol–water partition coefficient (Wildman–Crippen LogP) is 4.96. The first-order valence-electron chi connectivity index (χ1n) is 10.6. The summed E-state index contributed by atoms with van der Waals surface area (Å²) in [5.74, 6) is 1.28. The van der Waals surface area contributed by atoms with E-state index in [0.29, 0.717) is 10.9 Å². The molecule has 1 aliphatic carbocycles. The fraction of sp³-hybridized carbons (Fsp3) is 0.435. The molecule has 0 bridgehead atoms. The molecule has 0 saturated heterocycles. The number of anilines is 1. The van der Waals surface area contributed by atoms with Gasteiger partial charge < -0.3 is 10.1 Å². The quantitative estimate of drug-likeness (QED) is 0.329. The molecule has 0 amide bonds. The fourth-order valence-corrected chi connectivity index (χ4v) is 5.11. The minimum atomic E-state index is -3.17. The third-order valence-corrected chi connectivity index (χ3v) is 6.71. The van der Waals surface area contributed by atoms with Crippen LogP contribution >= 0.6 is 11.6 Å². The van der Waals surface area contributed by atoms with Gasteiger partial charge in [0.1, 0.15) is 5.75 Å². The van der Waals surface area contributed by atoms with Crippen molar-refractivity contribution in [1.29, 1.82) is 0 Å². The average molecular weight is 462 g/mol. The first-order chi connectivity index (χ1) is 14.8. The molecule has 1 unspecified atom stereocenters. The number of pyridine rings is 1. The zero-order valence-corrected chi connectivity index (χ0v) is 19.4. The molecule has 1 saturated carbocycles. The maximum Gasteiger partial charge on any atom is 0.208 e. The lowest BCUT2D eigenvalue weighted by Gasteiger charge is -2.17. The van der Waals surface area contributed by atoms with Crippen LogP contribution in [0.1, 0.15) is 32.1 Å². The molecule has 4 rings (SSSR count). The van der Waals surface area contributed by atoms with E-state index >= 15 is 0 Å². The highest BCUT2D eigenvalue weighted by molar-refractivity contribution is 7.88. The molecule has 0 radical (unpaired) electrons. The molecule has 0 spiro atoms. The molecule has 0 aliphatic heterocycles. The molecule has 2 N–H and O–H groups in total. The monoisotopic (exact) mass is 461 g/mol. The SMILES string of the molecule is COc1ccc2nc3cc(Cl)ccc3c(NCCCCC(NS(C)(=O)=O)C3CC3)c2c1. The first kappa shape index (κ1) is 22.1. The van der Waals surface area contributed by atoms with Gasteiger partial charge in [0.15, 0.2) is 0 Å². The van der Waals surface area contributed by atoms with Crippen LogP contribution in [0.5, 0.6) is 5.75 Å². The van der Waals surface area contributed by atoms with E-state index in [1.807, 2.05) is 36.4 Å². The molecule has 3 aromatic rings. The number of methoxy groups -OCH3 is 1. The summed E-state index contributed by atoms with van der Waals surface area (Å²) in [5, 5.41) is 6.26. The molecule has 1 aliphatic rings. The number of hydrogen-bond acceptors (Lipinski definition) is 5. The Morgan fingerprint density at radius 2 is 1.94 bits per heavy atom. The first-order valence-corrected chi connectivity index (χ1v) is 12.9. The van der Waals surface area contributed by atoms with Gasteiger partial charge >= 0.3 is 0 Å². The van der Waals surface area contributed by atoms with Gasteiger partial charge in [0, 0.05) is 28.4 Å². The summed E-state index contributed by atoms with van der Waals surface area (Å²) < 4.78 is 31.5. The van der Waals surface area contributed by atoms with Crippen LogP contribution in [0.15, 0.2) is 36.4 Å². The summed E-state index contributed by atoms with van der Waals surface area (Å²) in [4.78, 5) is 4.76. The van der Waals surface area contributed by atoms with Gasteiger partial charge in [0.25, 0.3) is 0 Å². The van der Waals surface area contributed by atoms with Gasteiger partial charge in [-0.2, -0.15) is 0 Å². The van der Waals surface area contributed by atoms with Gasteiger partial charge in [0.2, 0.25) is 10.0 Å². The topological polar surface area (TPSA) is 80.3 Å². The number of fused-ring (bicyclic) bond motifs is 2. The van der Waals surface area contributed by atoms with Gasteiger partial charge in [-0.3, -0.25) is 0 Å². The number of halogens is 1.